The van der Waals surface area contributed by atoms with Gasteiger partial charge in [-0.3, -0.25) is 4.79 Å². The number of carbonyl (C=O) groups is 1. The molecule has 0 radical (unpaired) electrons. The molecule has 0 spiro atoms. The Morgan fingerprint density at radius 2 is 1.88 bits per heavy atom. The Morgan fingerprint density at radius 1 is 1.12 bits per heavy atom. The first-order valence-corrected chi connectivity index (χ1v) is 8.33. The molecule has 0 atom stereocenters. The highest BCUT2D eigenvalue weighted by atomic mass is 16.5. The second-order valence-corrected chi connectivity index (χ2v) is 5.49. The fourth-order valence-electron chi connectivity index (χ4n) is 2.38. The van der Waals surface area contributed by atoms with Crippen LogP contribution >= 0.6 is 0 Å². The maximum Gasteiger partial charge on any atom is 0.274 e. The lowest BCUT2D eigenvalue weighted by Crippen LogP contribution is -2.28. The molecule has 0 saturated heterocycles. The smallest absolute Gasteiger partial charge is 0.274 e. The molecule has 0 aliphatic carbocycles. The molecule has 1 aromatic heterocycles. The molecule has 0 unspecified atom stereocenters. The third-order valence-electron chi connectivity index (χ3n) is 3.82. The minimum atomic E-state index is -0.238. The van der Waals surface area contributed by atoms with Gasteiger partial charge in [-0.1, -0.05) is 32.0 Å². The zero-order chi connectivity index (χ0) is 17.4. The van der Waals surface area contributed by atoms with Gasteiger partial charge in [-0.15, -0.1) is 0 Å². The van der Waals surface area contributed by atoms with Crippen LogP contribution in [0, 0.1) is 6.92 Å². The van der Waals surface area contributed by atoms with Crippen molar-refractivity contribution in [3.8, 4) is 5.75 Å². The normalized spacial score (nSPS) is 10.7. The molecular weight excluding hydrogens is 302 g/mol. The molecule has 1 amide bonds. The molecular formula is C19H25N3O2. The highest BCUT2D eigenvalue weighted by Gasteiger charge is 2.11. The Kier molecular flexibility index (Phi) is 6.75. The molecule has 0 saturated carbocycles. The number of anilines is 1. The van der Waals surface area contributed by atoms with Gasteiger partial charge in [0, 0.05) is 12.2 Å². The molecule has 1 aromatic carbocycles. The lowest BCUT2D eigenvalue weighted by Gasteiger charge is -2.19. The lowest BCUT2D eigenvalue weighted by atomic mass is 10.2. The first-order valence-electron chi connectivity index (χ1n) is 8.33. The number of hydrogen-bond donors (Lipinski definition) is 1. The summed E-state index contributed by atoms with van der Waals surface area (Å²) in [4.78, 5) is 18.9. The molecule has 5 nitrogen and oxygen atoms in total. The van der Waals surface area contributed by atoms with E-state index in [1.807, 2.05) is 43.3 Å². The molecule has 2 aromatic rings. The standard InChI is InChI=1S/C19H25N3O2/c1-4-22(5-2)13-14-24-18-12-7-6-10-16(18)21-19(23)17-11-8-9-15(3)20-17/h6-12H,4-5,13-14H2,1-3H3,(H,21,23). The summed E-state index contributed by atoms with van der Waals surface area (Å²) >= 11 is 0. The van der Waals surface area contributed by atoms with Gasteiger partial charge in [0.05, 0.1) is 5.69 Å². The first kappa shape index (κ1) is 17.9. The van der Waals surface area contributed by atoms with Crippen LogP contribution in [0.1, 0.15) is 30.0 Å². The van der Waals surface area contributed by atoms with Crippen LogP contribution in [-0.2, 0) is 0 Å². The Morgan fingerprint density at radius 3 is 2.58 bits per heavy atom. The number of benzene rings is 1. The Balaban J connectivity index is 2.02. The summed E-state index contributed by atoms with van der Waals surface area (Å²) in [5.41, 5.74) is 1.87. The average Bonchev–Trinajstić information content (AvgIpc) is 2.60. The number of aromatic nitrogens is 1. The quantitative estimate of drug-likeness (QED) is 0.808. The van der Waals surface area contributed by atoms with Gasteiger partial charge in [0.25, 0.3) is 5.91 Å². The van der Waals surface area contributed by atoms with E-state index in [4.69, 9.17) is 4.74 Å². The second kappa shape index (κ2) is 9.03. The molecule has 2 rings (SSSR count). The van der Waals surface area contributed by atoms with Crippen LogP contribution in [0.25, 0.3) is 0 Å². The summed E-state index contributed by atoms with van der Waals surface area (Å²) in [6.07, 6.45) is 0. The highest BCUT2D eigenvalue weighted by molar-refractivity contribution is 6.03. The summed E-state index contributed by atoms with van der Waals surface area (Å²) in [7, 11) is 0. The number of amides is 1. The van der Waals surface area contributed by atoms with Crippen molar-refractivity contribution in [1.29, 1.82) is 0 Å². The van der Waals surface area contributed by atoms with Crippen LogP contribution in [0.15, 0.2) is 42.5 Å². The number of likely N-dealkylation sites (N-methyl/N-ethyl adjacent to an activating group) is 1. The number of carbonyl (C=O) groups excluding carboxylic acids is 1. The fraction of sp³-hybridized carbons (Fsp3) is 0.368. The molecule has 0 aliphatic rings. The first-order chi connectivity index (χ1) is 11.6. The van der Waals surface area contributed by atoms with Gasteiger partial charge in [0.2, 0.25) is 0 Å². The van der Waals surface area contributed by atoms with Crippen molar-refractivity contribution >= 4 is 11.6 Å². The largest absolute Gasteiger partial charge is 0.490 e. The number of nitrogens with one attached hydrogen (secondary N) is 1. The number of aryl methyl sites for hydroxylation is 1. The molecule has 1 N–H and O–H groups in total. The van der Waals surface area contributed by atoms with Crippen molar-refractivity contribution in [1.82, 2.24) is 9.88 Å². The number of nitrogens with zero attached hydrogens (tertiary/aromatic N) is 2. The summed E-state index contributed by atoms with van der Waals surface area (Å²) in [5.74, 6) is 0.434. The van der Waals surface area contributed by atoms with Crippen molar-refractivity contribution < 1.29 is 9.53 Å². The number of pyridine rings is 1. The molecule has 5 heteroatoms. The van der Waals surface area contributed by atoms with Gasteiger partial charge < -0.3 is 15.0 Å². The van der Waals surface area contributed by atoms with Gasteiger partial charge in [-0.2, -0.15) is 0 Å². The van der Waals surface area contributed by atoms with Crippen molar-refractivity contribution in [2.45, 2.75) is 20.8 Å². The van der Waals surface area contributed by atoms with E-state index in [0.29, 0.717) is 23.7 Å². The maximum atomic E-state index is 12.4. The van der Waals surface area contributed by atoms with E-state index in [0.717, 1.165) is 25.3 Å². The Hall–Kier alpha value is -2.40. The van der Waals surface area contributed by atoms with E-state index >= 15 is 0 Å². The van der Waals surface area contributed by atoms with E-state index in [-0.39, 0.29) is 5.91 Å². The van der Waals surface area contributed by atoms with Crippen molar-refractivity contribution in [2.75, 3.05) is 31.6 Å². The van der Waals surface area contributed by atoms with E-state index in [1.54, 1.807) is 6.07 Å². The lowest BCUT2D eigenvalue weighted by molar-refractivity contribution is 0.102. The number of hydrogen-bond acceptors (Lipinski definition) is 4. The van der Waals surface area contributed by atoms with Crippen molar-refractivity contribution in [3.05, 3.63) is 53.9 Å². The summed E-state index contributed by atoms with van der Waals surface area (Å²) < 4.78 is 5.85. The van der Waals surface area contributed by atoms with Crippen LogP contribution < -0.4 is 10.1 Å². The zero-order valence-corrected chi connectivity index (χ0v) is 14.6. The average molecular weight is 327 g/mol. The van der Waals surface area contributed by atoms with Crippen LogP contribution in [0.5, 0.6) is 5.75 Å². The van der Waals surface area contributed by atoms with Crippen LogP contribution in [0.4, 0.5) is 5.69 Å². The molecule has 24 heavy (non-hydrogen) atoms. The maximum absolute atomic E-state index is 12.4. The van der Waals surface area contributed by atoms with Gasteiger partial charge >= 0.3 is 0 Å². The molecule has 0 bridgehead atoms. The monoisotopic (exact) mass is 327 g/mol. The number of rotatable bonds is 8. The topological polar surface area (TPSA) is 54.5 Å². The van der Waals surface area contributed by atoms with Crippen LogP contribution in [0.2, 0.25) is 0 Å². The predicted octanol–water partition coefficient (Wildman–Crippen LogP) is 3.36. The minimum Gasteiger partial charge on any atom is -0.490 e. The van der Waals surface area contributed by atoms with Crippen LogP contribution in [-0.4, -0.2) is 42.0 Å². The number of ether oxygens (including phenoxy) is 1. The van der Waals surface area contributed by atoms with Gasteiger partial charge in [-0.25, -0.2) is 4.98 Å². The Labute approximate surface area is 143 Å². The summed E-state index contributed by atoms with van der Waals surface area (Å²) in [6.45, 7) is 9.56. The van der Waals surface area contributed by atoms with Gasteiger partial charge in [0.15, 0.2) is 0 Å². The van der Waals surface area contributed by atoms with E-state index in [2.05, 4.69) is 29.0 Å². The van der Waals surface area contributed by atoms with Gasteiger partial charge in [-0.05, 0) is 44.3 Å². The fourth-order valence-corrected chi connectivity index (χ4v) is 2.38. The third kappa shape index (κ3) is 5.06. The molecule has 0 aliphatic heterocycles. The molecule has 0 fully saturated rings. The minimum absolute atomic E-state index is 0.238. The van der Waals surface area contributed by atoms with Gasteiger partial charge in [0.1, 0.15) is 18.1 Å². The third-order valence-corrected chi connectivity index (χ3v) is 3.82. The van der Waals surface area contributed by atoms with E-state index in [1.165, 1.54) is 0 Å². The summed E-state index contributed by atoms with van der Waals surface area (Å²) in [6, 6.07) is 12.8. The van der Waals surface area contributed by atoms with Crippen LogP contribution in [0.3, 0.4) is 0 Å². The number of para-hydroxylation sites is 2. The Bertz CT molecular complexity index is 669. The summed E-state index contributed by atoms with van der Waals surface area (Å²) in [5, 5.41) is 2.88. The van der Waals surface area contributed by atoms with Crippen molar-refractivity contribution in [2.24, 2.45) is 0 Å². The molecule has 1 heterocycles. The predicted molar refractivity (Wildman–Crippen MR) is 96.7 cm³/mol. The van der Waals surface area contributed by atoms with E-state index in [9.17, 15) is 4.79 Å². The SMILES string of the molecule is CCN(CC)CCOc1ccccc1NC(=O)c1cccc(C)n1. The van der Waals surface area contributed by atoms with Crippen molar-refractivity contribution in [3.63, 3.8) is 0 Å². The highest BCUT2D eigenvalue weighted by Crippen LogP contribution is 2.24. The second-order valence-electron chi connectivity index (χ2n) is 5.49. The molecule has 128 valence electrons. The zero-order valence-electron chi connectivity index (χ0n) is 14.6. The van der Waals surface area contributed by atoms with E-state index < -0.39 is 0 Å².